The number of hydrogen-bond acceptors (Lipinski definition) is 5. The van der Waals surface area contributed by atoms with Gasteiger partial charge >= 0.3 is 5.97 Å². The molecule has 1 aromatic carbocycles. The second-order valence-corrected chi connectivity index (χ2v) is 8.88. The molecule has 1 amide bonds. The van der Waals surface area contributed by atoms with Gasteiger partial charge in [0, 0.05) is 31.4 Å². The summed E-state index contributed by atoms with van der Waals surface area (Å²) in [6.07, 6.45) is 16.3. The van der Waals surface area contributed by atoms with E-state index in [1.165, 1.54) is 58.3 Å². The topological polar surface area (TPSA) is 71.5 Å². The molecule has 0 aliphatic carbocycles. The molecule has 1 N–H and O–H groups in total. The number of carbonyl (C=O) groups is 2. The average Bonchev–Trinajstić information content (AvgIpc) is 2.83. The van der Waals surface area contributed by atoms with Crippen LogP contribution in [0.3, 0.4) is 0 Å². The maximum atomic E-state index is 12.4. The summed E-state index contributed by atoms with van der Waals surface area (Å²) in [7, 11) is 0. The number of benzene rings is 1. The van der Waals surface area contributed by atoms with Gasteiger partial charge in [-0.2, -0.15) is 0 Å². The van der Waals surface area contributed by atoms with E-state index in [-0.39, 0.29) is 11.9 Å². The maximum Gasteiger partial charge on any atom is 0.322 e. The third kappa shape index (κ3) is 11.9. The first kappa shape index (κ1) is 27.5. The molecule has 0 radical (unpaired) electrons. The molecule has 0 aliphatic rings. The van der Waals surface area contributed by atoms with E-state index in [9.17, 15) is 9.59 Å². The first-order chi connectivity index (χ1) is 16.6. The average molecular weight is 468 g/mol. The molecule has 0 spiro atoms. The molecular formula is C28H41N3O3. The number of nitrogens with one attached hydrogen (secondary N) is 1. The maximum absolute atomic E-state index is 12.4. The highest BCUT2D eigenvalue weighted by atomic mass is 16.7. The number of unbranched alkanes of at least 4 members (excludes halogenated alkanes) is 9. The van der Waals surface area contributed by atoms with Crippen LogP contribution in [0.5, 0.6) is 0 Å². The highest BCUT2D eigenvalue weighted by molar-refractivity contribution is 5.94. The Bertz CT molecular complexity index is 825. The quantitative estimate of drug-likeness (QED) is 0.221. The smallest absolute Gasteiger partial charge is 0.322 e. The van der Waals surface area contributed by atoms with Crippen molar-refractivity contribution in [2.75, 3.05) is 6.54 Å². The molecule has 0 bridgehead atoms. The number of amides is 1. The number of rotatable bonds is 17. The van der Waals surface area contributed by atoms with Gasteiger partial charge in [-0.05, 0) is 35.7 Å². The Morgan fingerprint density at radius 3 is 2.06 bits per heavy atom. The van der Waals surface area contributed by atoms with Crippen LogP contribution in [-0.2, 0) is 22.7 Å². The van der Waals surface area contributed by atoms with E-state index in [4.69, 9.17) is 4.84 Å². The lowest BCUT2D eigenvalue weighted by molar-refractivity contribution is -0.194. The van der Waals surface area contributed by atoms with Crippen molar-refractivity contribution in [1.82, 2.24) is 15.4 Å². The summed E-state index contributed by atoms with van der Waals surface area (Å²) >= 11 is 0. The zero-order chi connectivity index (χ0) is 24.4. The molecule has 1 heterocycles. The van der Waals surface area contributed by atoms with Gasteiger partial charge in [-0.25, -0.2) is 0 Å². The minimum Gasteiger partial charge on any atom is -0.368 e. The summed E-state index contributed by atoms with van der Waals surface area (Å²) in [5.41, 5.74) is 2.55. The van der Waals surface area contributed by atoms with Gasteiger partial charge in [0.1, 0.15) is 0 Å². The Morgan fingerprint density at radius 1 is 0.853 bits per heavy atom. The van der Waals surface area contributed by atoms with Gasteiger partial charge < -0.3 is 10.2 Å². The van der Waals surface area contributed by atoms with E-state index in [0.29, 0.717) is 25.2 Å². The van der Waals surface area contributed by atoms with Crippen LogP contribution in [0, 0.1) is 0 Å². The van der Waals surface area contributed by atoms with Crippen LogP contribution in [0.4, 0.5) is 0 Å². The largest absolute Gasteiger partial charge is 0.368 e. The van der Waals surface area contributed by atoms with Gasteiger partial charge in [-0.3, -0.25) is 14.6 Å². The van der Waals surface area contributed by atoms with E-state index in [1.807, 2.05) is 36.4 Å². The van der Waals surface area contributed by atoms with Crippen LogP contribution >= 0.6 is 0 Å². The SMILES string of the molecule is CCCCCCCCCCCCNC(=O)c1ccc(CN(Cc2cccnc2)OC(C)=O)cc1. The lowest BCUT2D eigenvalue weighted by Crippen LogP contribution is -2.26. The molecule has 0 saturated heterocycles. The van der Waals surface area contributed by atoms with Crippen LogP contribution in [0.15, 0.2) is 48.8 Å². The van der Waals surface area contributed by atoms with Crippen molar-refractivity contribution < 1.29 is 14.4 Å². The Morgan fingerprint density at radius 2 is 1.47 bits per heavy atom. The Kier molecular flexibility index (Phi) is 13.6. The van der Waals surface area contributed by atoms with Crippen molar-refractivity contribution in [1.29, 1.82) is 0 Å². The van der Waals surface area contributed by atoms with Gasteiger partial charge in [0.2, 0.25) is 0 Å². The molecule has 0 atom stereocenters. The van der Waals surface area contributed by atoms with E-state index in [2.05, 4.69) is 17.2 Å². The van der Waals surface area contributed by atoms with E-state index >= 15 is 0 Å². The summed E-state index contributed by atoms with van der Waals surface area (Å²) in [5, 5.41) is 4.61. The number of carbonyl (C=O) groups excluding carboxylic acids is 2. The van der Waals surface area contributed by atoms with Gasteiger partial charge in [0.15, 0.2) is 0 Å². The summed E-state index contributed by atoms with van der Waals surface area (Å²) in [6, 6.07) is 11.2. The number of hydroxylamine groups is 2. The van der Waals surface area contributed by atoms with Crippen LogP contribution < -0.4 is 5.32 Å². The van der Waals surface area contributed by atoms with Crippen molar-refractivity contribution in [2.45, 2.75) is 91.1 Å². The summed E-state index contributed by atoms with van der Waals surface area (Å²) in [4.78, 5) is 33.4. The zero-order valence-electron chi connectivity index (χ0n) is 20.9. The standard InChI is InChI=1S/C28H41N3O3/c1-3-4-5-6-7-8-9-10-11-12-20-30-28(33)27-17-15-25(16-18-27)22-31(34-24(2)32)23-26-14-13-19-29-21-26/h13-19,21H,3-12,20,22-23H2,1-2H3,(H,30,33). The Hall–Kier alpha value is -2.73. The molecule has 2 rings (SSSR count). The van der Waals surface area contributed by atoms with Crippen LogP contribution in [0.2, 0.25) is 0 Å². The van der Waals surface area contributed by atoms with Gasteiger partial charge in [-0.1, -0.05) is 82.9 Å². The second-order valence-electron chi connectivity index (χ2n) is 8.88. The molecule has 186 valence electrons. The molecule has 1 aromatic heterocycles. The second kappa shape index (κ2) is 16.8. The lowest BCUT2D eigenvalue weighted by Gasteiger charge is -2.20. The third-order valence-electron chi connectivity index (χ3n) is 5.73. The molecule has 34 heavy (non-hydrogen) atoms. The first-order valence-corrected chi connectivity index (χ1v) is 12.8. The third-order valence-corrected chi connectivity index (χ3v) is 5.73. The molecule has 0 aliphatic heterocycles. The fraction of sp³-hybridized carbons (Fsp3) is 0.536. The number of pyridine rings is 1. The fourth-order valence-electron chi connectivity index (χ4n) is 3.88. The zero-order valence-corrected chi connectivity index (χ0v) is 20.9. The van der Waals surface area contributed by atoms with Crippen molar-refractivity contribution in [3.05, 3.63) is 65.5 Å². The fourth-order valence-corrected chi connectivity index (χ4v) is 3.88. The summed E-state index contributed by atoms with van der Waals surface area (Å²) in [5.74, 6) is -0.415. The first-order valence-electron chi connectivity index (χ1n) is 12.8. The molecule has 6 heteroatoms. The molecular weight excluding hydrogens is 426 g/mol. The predicted octanol–water partition coefficient (Wildman–Crippen LogP) is 6.21. The van der Waals surface area contributed by atoms with E-state index < -0.39 is 0 Å². The molecule has 2 aromatic rings. The monoisotopic (exact) mass is 467 g/mol. The summed E-state index contributed by atoms with van der Waals surface area (Å²) in [6.45, 7) is 5.21. The van der Waals surface area contributed by atoms with Crippen molar-refractivity contribution >= 4 is 11.9 Å². The molecule has 0 saturated carbocycles. The van der Waals surface area contributed by atoms with Crippen molar-refractivity contribution in [3.8, 4) is 0 Å². The van der Waals surface area contributed by atoms with Gasteiger partial charge in [0.05, 0.1) is 13.1 Å². The Balaban J connectivity index is 1.67. The lowest BCUT2D eigenvalue weighted by atomic mass is 10.1. The van der Waals surface area contributed by atoms with Crippen LogP contribution in [-0.4, -0.2) is 28.5 Å². The minimum absolute atomic E-state index is 0.0466. The van der Waals surface area contributed by atoms with Gasteiger partial charge in [-0.15, -0.1) is 5.06 Å². The van der Waals surface area contributed by atoms with Gasteiger partial charge in [0.25, 0.3) is 5.91 Å². The molecule has 0 fully saturated rings. The predicted molar refractivity (Wildman–Crippen MR) is 136 cm³/mol. The highest BCUT2D eigenvalue weighted by Crippen LogP contribution is 2.13. The highest BCUT2D eigenvalue weighted by Gasteiger charge is 2.12. The van der Waals surface area contributed by atoms with Crippen LogP contribution in [0.1, 0.15) is 99.5 Å². The number of nitrogens with zero attached hydrogens (tertiary/aromatic N) is 2. The van der Waals surface area contributed by atoms with E-state index in [1.54, 1.807) is 17.5 Å². The molecule has 0 unspecified atom stereocenters. The minimum atomic E-state index is -0.369. The summed E-state index contributed by atoms with van der Waals surface area (Å²) < 4.78 is 0. The van der Waals surface area contributed by atoms with Crippen molar-refractivity contribution in [3.63, 3.8) is 0 Å². The normalized spacial score (nSPS) is 10.9. The number of aromatic nitrogens is 1. The Labute approximate surface area is 205 Å². The van der Waals surface area contributed by atoms with Crippen molar-refractivity contribution in [2.24, 2.45) is 0 Å². The number of hydrogen-bond donors (Lipinski definition) is 1. The van der Waals surface area contributed by atoms with E-state index in [0.717, 1.165) is 24.0 Å². The molecule has 6 nitrogen and oxygen atoms in total. The van der Waals surface area contributed by atoms with Crippen LogP contribution in [0.25, 0.3) is 0 Å².